The second kappa shape index (κ2) is 3.56. The number of piperidine rings is 1. The van der Waals surface area contributed by atoms with Gasteiger partial charge in [-0.15, -0.1) is 0 Å². The van der Waals surface area contributed by atoms with Crippen LogP contribution >= 0.6 is 0 Å². The summed E-state index contributed by atoms with van der Waals surface area (Å²) < 4.78 is 13.2. The molecular formula is C14H18FN. The number of benzene rings is 1. The topological polar surface area (TPSA) is 3.24 Å². The van der Waals surface area contributed by atoms with Crippen LogP contribution < -0.4 is 0 Å². The second-order valence-electron chi connectivity index (χ2n) is 5.57. The van der Waals surface area contributed by atoms with Gasteiger partial charge in [0.25, 0.3) is 0 Å². The third-order valence-electron chi connectivity index (χ3n) is 4.35. The highest BCUT2D eigenvalue weighted by atomic mass is 19.1. The van der Waals surface area contributed by atoms with Crippen molar-refractivity contribution < 1.29 is 4.39 Å². The standard InChI is InChI=1S/C14H18FN/c1-16-6-4-14(5-7-16)9-11-2-3-13(15)8-12(11)10-14/h2-3,8H,4-7,9-10H2,1H3. The van der Waals surface area contributed by atoms with Crippen LogP contribution in [0.4, 0.5) is 4.39 Å². The summed E-state index contributed by atoms with van der Waals surface area (Å²) >= 11 is 0. The molecule has 0 amide bonds. The molecule has 0 radical (unpaired) electrons. The molecule has 1 saturated heterocycles. The minimum Gasteiger partial charge on any atom is -0.306 e. The normalized spacial score (nSPS) is 23.6. The van der Waals surface area contributed by atoms with E-state index in [-0.39, 0.29) is 5.82 Å². The Morgan fingerprint density at radius 2 is 1.81 bits per heavy atom. The molecule has 0 saturated carbocycles. The Hall–Kier alpha value is -0.890. The van der Waals surface area contributed by atoms with Gasteiger partial charge >= 0.3 is 0 Å². The number of fused-ring (bicyclic) bond motifs is 1. The van der Waals surface area contributed by atoms with Crippen LogP contribution in [0.2, 0.25) is 0 Å². The molecule has 1 fully saturated rings. The highest BCUT2D eigenvalue weighted by Crippen LogP contribution is 2.44. The Labute approximate surface area is 96.3 Å². The van der Waals surface area contributed by atoms with Gasteiger partial charge in [-0.2, -0.15) is 0 Å². The van der Waals surface area contributed by atoms with Crippen molar-refractivity contribution in [2.24, 2.45) is 5.41 Å². The van der Waals surface area contributed by atoms with Crippen LogP contribution in [-0.4, -0.2) is 25.0 Å². The molecule has 3 rings (SSSR count). The first-order valence-electron chi connectivity index (χ1n) is 6.13. The molecule has 1 heterocycles. The summed E-state index contributed by atoms with van der Waals surface area (Å²) in [5.74, 6) is -0.0799. The van der Waals surface area contributed by atoms with E-state index in [1.54, 1.807) is 12.1 Å². The zero-order valence-electron chi connectivity index (χ0n) is 9.80. The van der Waals surface area contributed by atoms with Gasteiger partial charge in [0, 0.05) is 0 Å². The summed E-state index contributed by atoms with van der Waals surface area (Å²) in [5, 5.41) is 0. The molecule has 1 aromatic rings. The molecule has 1 nitrogen and oxygen atoms in total. The minimum atomic E-state index is -0.0799. The Kier molecular flexibility index (Phi) is 2.28. The molecular weight excluding hydrogens is 201 g/mol. The monoisotopic (exact) mass is 219 g/mol. The Bertz CT molecular complexity index is 405. The molecule has 1 aliphatic heterocycles. The van der Waals surface area contributed by atoms with Crippen molar-refractivity contribution in [2.45, 2.75) is 25.7 Å². The molecule has 16 heavy (non-hydrogen) atoms. The fourth-order valence-corrected chi connectivity index (χ4v) is 3.25. The largest absolute Gasteiger partial charge is 0.306 e. The first kappa shape index (κ1) is 10.3. The summed E-state index contributed by atoms with van der Waals surface area (Å²) in [4.78, 5) is 2.40. The van der Waals surface area contributed by atoms with Crippen LogP contribution in [0, 0.1) is 11.2 Å². The highest BCUT2D eigenvalue weighted by molar-refractivity contribution is 5.35. The van der Waals surface area contributed by atoms with Crippen molar-refractivity contribution in [3.63, 3.8) is 0 Å². The van der Waals surface area contributed by atoms with E-state index in [9.17, 15) is 4.39 Å². The summed E-state index contributed by atoms with van der Waals surface area (Å²) in [6.45, 7) is 2.38. The maximum atomic E-state index is 13.2. The first-order chi connectivity index (χ1) is 7.67. The van der Waals surface area contributed by atoms with E-state index in [4.69, 9.17) is 0 Å². The van der Waals surface area contributed by atoms with Crippen LogP contribution in [0.5, 0.6) is 0 Å². The number of likely N-dealkylation sites (tertiary alicyclic amines) is 1. The predicted octanol–water partition coefficient (Wildman–Crippen LogP) is 2.64. The van der Waals surface area contributed by atoms with Crippen LogP contribution in [0.3, 0.4) is 0 Å². The zero-order chi connectivity index (χ0) is 11.2. The van der Waals surface area contributed by atoms with Crippen LogP contribution in [0.15, 0.2) is 18.2 Å². The number of rotatable bonds is 0. The lowest BCUT2D eigenvalue weighted by Gasteiger charge is -2.37. The molecule has 0 aromatic heterocycles. The van der Waals surface area contributed by atoms with E-state index in [2.05, 4.69) is 11.9 Å². The molecule has 1 spiro atoms. The molecule has 2 aliphatic rings. The summed E-state index contributed by atoms with van der Waals surface area (Å²) in [6.07, 6.45) is 4.78. The van der Waals surface area contributed by atoms with Crippen molar-refractivity contribution in [3.05, 3.63) is 35.1 Å². The average Bonchev–Trinajstić information content (AvgIpc) is 2.60. The van der Waals surface area contributed by atoms with Gasteiger partial charge in [0.2, 0.25) is 0 Å². The second-order valence-corrected chi connectivity index (χ2v) is 5.57. The van der Waals surface area contributed by atoms with Crippen molar-refractivity contribution in [3.8, 4) is 0 Å². The summed E-state index contributed by atoms with van der Waals surface area (Å²) in [7, 11) is 2.19. The van der Waals surface area contributed by atoms with E-state index >= 15 is 0 Å². The van der Waals surface area contributed by atoms with Crippen molar-refractivity contribution in [2.75, 3.05) is 20.1 Å². The van der Waals surface area contributed by atoms with Gasteiger partial charge in [0.05, 0.1) is 0 Å². The SMILES string of the molecule is CN1CCC2(CC1)Cc1ccc(F)cc1C2. The third-order valence-corrected chi connectivity index (χ3v) is 4.35. The minimum absolute atomic E-state index is 0.0799. The van der Waals surface area contributed by atoms with Gasteiger partial charge in [-0.05, 0) is 74.5 Å². The fourth-order valence-electron chi connectivity index (χ4n) is 3.25. The van der Waals surface area contributed by atoms with Gasteiger partial charge in [0.15, 0.2) is 0 Å². The van der Waals surface area contributed by atoms with Crippen LogP contribution in [-0.2, 0) is 12.8 Å². The maximum absolute atomic E-state index is 13.2. The first-order valence-corrected chi connectivity index (χ1v) is 6.13. The lowest BCUT2D eigenvalue weighted by atomic mass is 9.76. The third kappa shape index (κ3) is 1.65. The Balaban J connectivity index is 1.84. The van der Waals surface area contributed by atoms with Gasteiger partial charge in [0.1, 0.15) is 5.82 Å². The van der Waals surface area contributed by atoms with Crippen molar-refractivity contribution >= 4 is 0 Å². The van der Waals surface area contributed by atoms with Crippen LogP contribution in [0.1, 0.15) is 24.0 Å². The Morgan fingerprint density at radius 1 is 1.12 bits per heavy atom. The average molecular weight is 219 g/mol. The molecule has 1 aromatic carbocycles. The highest BCUT2D eigenvalue weighted by Gasteiger charge is 2.39. The van der Waals surface area contributed by atoms with Crippen molar-refractivity contribution in [1.82, 2.24) is 4.90 Å². The number of hydrogen-bond acceptors (Lipinski definition) is 1. The van der Waals surface area contributed by atoms with Gasteiger partial charge in [-0.3, -0.25) is 0 Å². The lowest BCUT2D eigenvalue weighted by Crippen LogP contribution is -2.38. The quantitative estimate of drug-likeness (QED) is 0.648. The predicted molar refractivity (Wildman–Crippen MR) is 63.0 cm³/mol. The Morgan fingerprint density at radius 3 is 2.56 bits per heavy atom. The van der Waals surface area contributed by atoms with E-state index in [0.29, 0.717) is 5.41 Å². The van der Waals surface area contributed by atoms with Gasteiger partial charge in [-0.1, -0.05) is 6.07 Å². The lowest BCUT2D eigenvalue weighted by molar-refractivity contribution is 0.131. The molecule has 86 valence electrons. The number of hydrogen-bond donors (Lipinski definition) is 0. The number of halogens is 1. The maximum Gasteiger partial charge on any atom is 0.123 e. The summed E-state index contributed by atoms with van der Waals surface area (Å²) in [5.41, 5.74) is 3.08. The van der Waals surface area contributed by atoms with E-state index in [1.807, 2.05) is 6.07 Å². The summed E-state index contributed by atoms with van der Waals surface area (Å²) in [6, 6.07) is 5.33. The van der Waals surface area contributed by atoms with Crippen LogP contribution in [0.25, 0.3) is 0 Å². The molecule has 2 heteroatoms. The van der Waals surface area contributed by atoms with E-state index < -0.39 is 0 Å². The molecule has 0 unspecified atom stereocenters. The molecule has 0 N–H and O–H groups in total. The van der Waals surface area contributed by atoms with E-state index in [0.717, 1.165) is 12.8 Å². The van der Waals surface area contributed by atoms with Gasteiger partial charge < -0.3 is 4.90 Å². The van der Waals surface area contributed by atoms with Crippen molar-refractivity contribution in [1.29, 1.82) is 0 Å². The fraction of sp³-hybridized carbons (Fsp3) is 0.571. The molecule has 1 aliphatic carbocycles. The van der Waals surface area contributed by atoms with E-state index in [1.165, 1.54) is 37.1 Å². The zero-order valence-corrected chi connectivity index (χ0v) is 9.80. The molecule has 0 atom stereocenters. The molecule has 0 bridgehead atoms. The number of nitrogens with zero attached hydrogens (tertiary/aromatic N) is 1. The van der Waals surface area contributed by atoms with Gasteiger partial charge in [-0.25, -0.2) is 4.39 Å². The smallest absolute Gasteiger partial charge is 0.123 e.